The van der Waals surface area contributed by atoms with E-state index in [0.29, 0.717) is 0 Å². The van der Waals surface area contributed by atoms with E-state index in [4.69, 9.17) is 0 Å². The van der Waals surface area contributed by atoms with Crippen LogP contribution in [0.1, 0.15) is 56.6 Å². The number of hydrogen-bond acceptors (Lipinski definition) is 1. The zero-order valence-electron chi connectivity index (χ0n) is 16.7. The second-order valence-corrected chi connectivity index (χ2v) is 7.51. The number of pyridine rings is 1. The number of aromatic nitrogens is 1. The summed E-state index contributed by atoms with van der Waals surface area (Å²) in [5, 5.41) is 0. The highest BCUT2D eigenvalue weighted by atomic mass is 14.7. The molecule has 0 saturated heterocycles. The molecule has 0 saturated carbocycles. The first-order valence-corrected chi connectivity index (χ1v) is 10.4. The van der Waals surface area contributed by atoms with E-state index in [1.54, 1.807) is 0 Å². The van der Waals surface area contributed by atoms with Gasteiger partial charge in [0.1, 0.15) is 0 Å². The van der Waals surface area contributed by atoms with Crippen LogP contribution >= 0.6 is 0 Å². The van der Waals surface area contributed by atoms with E-state index >= 15 is 0 Å². The fourth-order valence-electron chi connectivity index (χ4n) is 3.43. The third-order valence-corrected chi connectivity index (χ3v) is 5.22. The van der Waals surface area contributed by atoms with Crippen LogP contribution in [0, 0.1) is 6.92 Å². The molecule has 0 bridgehead atoms. The third kappa shape index (κ3) is 5.79. The van der Waals surface area contributed by atoms with Crippen LogP contribution in [0.3, 0.4) is 0 Å². The summed E-state index contributed by atoms with van der Waals surface area (Å²) < 4.78 is 0. The second kappa shape index (κ2) is 10.1. The Morgan fingerprint density at radius 2 is 1.26 bits per heavy atom. The highest BCUT2D eigenvalue weighted by molar-refractivity contribution is 5.67. The van der Waals surface area contributed by atoms with Gasteiger partial charge in [0.25, 0.3) is 0 Å². The first-order chi connectivity index (χ1) is 13.3. The van der Waals surface area contributed by atoms with Gasteiger partial charge < -0.3 is 0 Å². The fraction of sp³-hybridized carbons (Fsp3) is 0.346. The van der Waals surface area contributed by atoms with Crippen LogP contribution in [0.4, 0.5) is 0 Å². The number of benzene rings is 2. The molecular formula is C26H31N. The van der Waals surface area contributed by atoms with E-state index in [1.807, 2.05) is 6.20 Å². The van der Waals surface area contributed by atoms with Crippen molar-refractivity contribution in [3.63, 3.8) is 0 Å². The number of aryl methyl sites for hydroxylation is 2. The van der Waals surface area contributed by atoms with Gasteiger partial charge in [0.15, 0.2) is 0 Å². The molecule has 0 fully saturated rings. The van der Waals surface area contributed by atoms with E-state index < -0.39 is 0 Å². The van der Waals surface area contributed by atoms with Gasteiger partial charge in [-0.2, -0.15) is 0 Å². The molecule has 27 heavy (non-hydrogen) atoms. The predicted octanol–water partition coefficient (Wildman–Crippen LogP) is 7.63. The maximum Gasteiger partial charge on any atom is 0.0702 e. The molecule has 1 heterocycles. The van der Waals surface area contributed by atoms with Crippen LogP contribution in [0.25, 0.3) is 22.4 Å². The summed E-state index contributed by atoms with van der Waals surface area (Å²) in [6.45, 7) is 4.38. The SMILES string of the molecule is CCCCCCCCc1ccc(-c2ccc(-c3ccc(C)cc3)cn2)cc1. The Morgan fingerprint density at radius 3 is 1.93 bits per heavy atom. The van der Waals surface area contributed by atoms with Crippen molar-refractivity contribution < 1.29 is 0 Å². The van der Waals surface area contributed by atoms with E-state index in [0.717, 1.165) is 5.69 Å². The highest BCUT2D eigenvalue weighted by Gasteiger charge is 2.02. The van der Waals surface area contributed by atoms with Crippen LogP contribution in [-0.4, -0.2) is 4.98 Å². The first-order valence-electron chi connectivity index (χ1n) is 10.4. The van der Waals surface area contributed by atoms with Crippen LogP contribution < -0.4 is 0 Å². The molecule has 0 aliphatic carbocycles. The molecule has 0 aliphatic rings. The minimum atomic E-state index is 1.04. The summed E-state index contributed by atoms with van der Waals surface area (Å²) in [4.78, 5) is 4.68. The quantitative estimate of drug-likeness (QED) is 0.359. The van der Waals surface area contributed by atoms with Crippen molar-refractivity contribution in [1.82, 2.24) is 4.98 Å². The van der Waals surface area contributed by atoms with Gasteiger partial charge in [0, 0.05) is 17.3 Å². The van der Waals surface area contributed by atoms with Crippen molar-refractivity contribution in [3.8, 4) is 22.4 Å². The minimum Gasteiger partial charge on any atom is -0.256 e. The molecule has 0 spiro atoms. The Balaban J connectivity index is 1.56. The van der Waals surface area contributed by atoms with Crippen molar-refractivity contribution in [3.05, 3.63) is 78.0 Å². The lowest BCUT2D eigenvalue weighted by Crippen LogP contribution is -1.88. The molecule has 1 aromatic heterocycles. The lowest BCUT2D eigenvalue weighted by molar-refractivity contribution is 0.607. The lowest BCUT2D eigenvalue weighted by atomic mass is 10.0. The van der Waals surface area contributed by atoms with Gasteiger partial charge in [0.2, 0.25) is 0 Å². The maximum atomic E-state index is 4.68. The monoisotopic (exact) mass is 357 g/mol. The Hall–Kier alpha value is -2.41. The first kappa shape index (κ1) is 19.4. The summed E-state index contributed by atoms with van der Waals surface area (Å²) in [6, 6.07) is 21.8. The van der Waals surface area contributed by atoms with Gasteiger partial charge >= 0.3 is 0 Å². The van der Waals surface area contributed by atoms with Crippen molar-refractivity contribution in [1.29, 1.82) is 0 Å². The van der Waals surface area contributed by atoms with Crippen LogP contribution in [0.2, 0.25) is 0 Å². The van der Waals surface area contributed by atoms with Crippen molar-refractivity contribution >= 4 is 0 Å². The Kier molecular flexibility index (Phi) is 7.21. The van der Waals surface area contributed by atoms with E-state index in [9.17, 15) is 0 Å². The number of rotatable bonds is 9. The van der Waals surface area contributed by atoms with Crippen molar-refractivity contribution in [2.45, 2.75) is 58.8 Å². The smallest absolute Gasteiger partial charge is 0.0702 e. The van der Waals surface area contributed by atoms with E-state index in [-0.39, 0.29) is 0 Å². The fourth-order valence-corrected chi connectivity index (χ4v) is 3.43. The second-order valence-electron chi connectivity index (χ2n) is 7.51. The normalized spacial score (nSPS) is 10.9. The van der Waals surface area contributed by atoms with E-state index in [2.05, 4.69) is 79.5 Å². The summed E-state index contributed by atoms with van der Waals surface area (Å²) >= 11 is 0. The van der Waals surface area contributed by atoms with Crippen molar-refractivity contribution in [2.75, 3.05) is 0 Å². The molecule has 0 unspecified atom stereocenters. The zero-order chi connectivity index (χ0) is 18.9. The van der Waals surface area contributed by atoms with Gasteiger partial charge in [-0.05, 0) is 37.0 Å². The molecular weight excluding hydrogens is 326 g/mol. The molecule has 1 nitrogen and oxygen atoms in total. The topological polar surface area (TPSA) is 12.9 Å². The van der Waals surface area contributed by atoms with Crippen LogP contribution in [0.15, 0.2) is 66.9 Å². The molecule has 0 atom stereocenters. The van der Waals surface area contributed by atoms with E-state index in [1.165, 1.54) is 72.8 Å². The summed E-state index contributed by atoms with van der Waals surface area (Å²) in [5.41, 5.74) is 7.33. The molecule has 140 valence electrons. The van der Waals surface area contributed by atoms with Gasteiger partial charge in [-0.3, -0.25) is 4.98 Å². The zero-order valence-corrected chi connectivity index (χ0v) is 16.7. The maximum absolute atomic E-state index is 4.68. The molecule has 0 amide bonds. The minimum absolute atomic E-state index is 1.04. The molecule has 3 rings (SSSR count). The largest absolute Gasteiger partial charge is 0.256 e. The van der Waals surface area contributed by atoms with Gasteiger partial charge in [-0.15, -0.1) is 0 Å². The molecule has 0 N–H and O–H groups in total. The third-order valence-electron chi connectivity index (χ3n) is 5.22. The average molecular weight is 358 g/mol. The average Bonchev–Trinajstić information content (AvgIpc) is 2.72. The molecule has 3 aromatic rings. The van der Waals surface area contributed by atoms with Gasteiger partial charge in [-0.25, -0.2) is 0 Å². The van der Waals surface area contributed by atoms with Crippen LogP contribution in [-0.2, 0) is 6.42 Å². The molecule has 2 aromatic carbocycles. The Bertz CT molecular complexity index is 798. The summed E-state index contributed by atoms with van der Waals surface area (Å²) in [5.74, 6) is 0. The standard InChI is InChI=1S/C26H31N/c1-3-4-5-6-7-8-9-22-12-16-24(17-13-22)26-19-18-25(20-27-26)23-14-10-21(2)11-15-23/h10-20H,3-9H2,1-2H3. The summed E-state index contributed by atoms with van der Waals surface area (Å²) in [6.07, 6.45) is 11.3. The molecule has 0 radical (unpaired) electrons. The number of unbranched alkanes of at least 4 members (excludes halogenated alkanes) is 5. The Labute approximate surface area is 164 Å². The summed E-state index contributed by atoms with van der Waals surface area (Å²) in [7, 11) is 0. The Morgan fingerprint density at radius 1 is 0.630 bits per heavy atom. The number of hydrogen-bond donors (Lipinski definition) is 0. The lowest BCUT2D eigenvalue weighted by Gasteiger charge is -2.06. The predicted molar refractivity (Wildman–Crippen MR) is 117 cm³/mol. The highest BCUT2D eigenvalue weighted by Crippen LogP contribution is 2.23. The van der Waals surface area contributed by atoms with Gasteiger partial charge in [-0.1, -0.05) is 99.2 Å². The van der Waals surface area contributed by atoms with Crippen molar-refractivity contribution in [2.24, 2.45) is 0 Å². The molecule has 1 heteroatoms. The van der Waals surface area contributed by atoms with Crippen LogP contribution in [0.5, 0.6) is 0 Å². The molecule has 0 aliphatic heterocycles. The number of nitrogens with zero attached hydrogens (tertiary/aromatic N) is 1. The van der Waals surface area contributed by atoms with Gasteiger partial charge in [0.05, 0.1) is 5.69 Å².